The van der Waals surface area contributed by atoms with Crippen LogP contribution >= 0.6 is 46.4 Å². The van der Waals surface area contributed by atoms with Crippen molar-refractivity contribution < 1.29 is 13.1 Å². The summed E-state index contributed by atoms with van der Waals surface area (Å²) in [5.74, 6) is 0. The van der Waals surface area contributed by atoms with E-state index >= 15 is 0 Å². The maximum absolute atomic E-state index is 11.3. The molecule has 1 aromatic rings. The van der Waals surface area contributed by atoms with E-state index in [1.807, 2.05) is 0 Å². The monoisotopic (exact) mass is 309 g/mol. The van der Waals surface area contributed by atoms with Crippen LogP contribution in [0.15, 0.2) is 4.90 Å². The maximum atomic E-state index is 11.3. The van der Waals surface area contributed by atoms with Crippen LogP contribution in [0.25, 0.3) is 0 Å². The number of hydrogen-bond acceptors (Lipinski definition) is 3. The number of rotatable bonds is 1. The summed E-state index contributed by atoms with van der Waals surface area (Å²) < 4.78 is 22.6. The standard InChI is InChI=1S/C6H3Cl4NO3S/c1-15(13,14)4-2(7)5(9)11(12)6(10)3(4)8/h1H3. The van der Waals surface area contributed by atoms with Crippen molar-refractivity contribution in [1.29, 1.82) is 0 Å². The van der Waals surface area contributed by atoms with E-state index in [-0.39, 0.29) is 4.73 Å². The summed E-state index contributed by atoms with van der Waals surface area (Å²) in [6.45, 7) is 0. The van der Waals surface area contributed by atoms with Gasteiger partial charge in [-0.25, -0.2) is 8.42 Å². The molecule has 0 aliphatic carbocycles. The van der Waals surface area contributed by atoms with Crippen LogP contribution in [0.3, 0.4) is 0 Å². The van der Waals surface area contributed by atoms with E-state index in [1.54, 1.807) is 0 Å². The number of halogens is 4. The minimum Gasteiger partial charge on any atom is -0.616 e. The largest absolute Gasteiger partial charge is 0.616 e. The summed E-state index contributed by atoms with van der Waals surface area (Å²) in [5.41, 5.74) is 0. The molecule has 0 aliphatic heterocycles. The molecule has 0 amide bonds. The number of aromatic nitrogens is 1. The quantitative estimate of drug-likeness (QED) is 0.454. The van der Waals surface area contributed by atoms with Gasteiger partial charge in [-0.05, 0) is 23.2 Å². The molecule has 0 fully saturated rings. The second-order valence-corrected chi connectivity index (χ2v) is 6.03. The smallest absolute Gasteiger partial charge is 0.307 e. The fourth-order valence-electron chi connectivity index (χ4n) is 0.874. The molecule has 1 heterocycles. The van der Waals surface area contributed by atoms with Crippen molar-refractivity contribution in [2.45, 2.75) is 4.90 Å². The first kappa shape index (κ1) is 13.1. The van der Waals surface area contributed by atoms with Crippen LogP contribution in [0.4, 0.5) is 0 Å². The molecule has 0 saturated heterocycles. The van der Waals surface area contributed by atoms with E-state index in [4.69, 9.17) is 46.4 Å². The Bertz CT molecular complexity index is 499. The Hall–Kier alpha value is 0.0600. The molecule has 4 nitrogen and oxygen atoms in total. The van der Waals surface area contributed by atoms with Gasteiger partial charge in [-0.1, -0.05) is 23.2 Å². The third-order valence-corrected chi connectivity index (χ3v) is 4.48. The van der Waals surface area contributed by atoms with Crippen molar-refractivity contribution in [2.75, 3.05) is 6.26 Å². The second-order valence-electron chi connectivity index (χ2n) is 2.61. The molecule has 0 spiro atoms. The summed E-state index contributed by atoms with van der Waals surface area (Å²) in [4.78, 5) is -0.451. The zero-order chi connectivity index (χ0) is 12.0. The van der Waals surface area contributed by atoms with E-state index in [0.29, 0.717) is 0 Å². The van der Waals surface area contributed by atoms with E-state index in [2.05, 4.69) is 0 Å². The summed E-state index contributed by atoms with van der Waals surface area (Å²) in [6.07, 6.45) is 0.877. The Morgan fingerprint density at radius 2 is 1.40 bits per heavy atom. The van der Waals surface area contributed by atoms with Crippen molar-refractivity contribution in [1.82, 2.24) is 0 Å². The van der Waals surface area contributed by atoms with Crippen molar-refractivity contribution in [3.63, 3.8) is 0 Å². The molecule has 0 aliphatic rings. The van der Waals surface area contributed by atoms with Crippen LogP contribution in [-0.4, -0.2) is 14.7 Å². The maximum Gasteiger partial charge on any atom is 0.307 e. The third kappa shape index (κ3) is 2.26. The van der Waals surface area contributed by atoms with Gasteiger partial charge in [-0.2, -0.15) is 0 Å². The van der Waals surface area contributed by atoms with Gasteiger partial charge in [0, 0.05) is 6.26 Å². The Labute approximate surface area is 106 Å². The van der Waals surface area contributed by atoms with Crippen molar-refractivity contribution >= 4 is 56.2 Å². The highest BCUT2D eigenvalue weighted by atomic mass is 35.5. The molecular formula is C6H3Cl4NO3S. The molecule has 0 radical (unpaired) electrons. The van der Waals surface area contributed by atoms with Crippen LogP contribution in [0.1, 0.15) is 0 Å². The van der Waals surface area contributed by atoms with Gasteiger partial charge >= 0.3 is 10.3 Å². The lowest BCUT2D eigenvalue weighted by molar-refractivity contribution is -0.600. The zero-order valence-corrected chi connectivity index (χ0v) is 10.9. The van der Waals surface area contributed by atoms with E-state index < -0.39 is 35.1 Å². The Balaban J connectivity index is 3.84. The van der Waals surface area contributed by atoms with Gasteiger partial charge in [0.25, 0.3) is 0 Å². The van der Waals surface area contributed by atoms with Gasteiger partial charge < -0.3 is 5.21 Å². The number of pyridine rings is 1. The molecule has 0 unspecified atom stereocenters. The van der Waals surface area contributed by atoms with Gasteiger partial charge in [-0.3, -0.25) is 0 Å². The molecule has 15 heavy (non-hydrogen) atoms. The predicted octanol–water partition coefficient (Wildman–Crippen LogP) is 2.34. The first-order chi connectivity index (χ1) is 6.68. The summed E-state index contributed by atoms with van der Waals surface area (Å²) in [7, 11) is -3.71. The molecule has 84 valence electrons. The topological polar surface area (TPSA) is 61.1 Å². The molecule has 0 atom stereocenters. The Morgan fingerprint density at radius 3 is 1.67 bits per heavy atom. The van der Waals surface area contributed by atoms with Gasteiger partial charge in [0.05, 0.1) is 0 Å². The highest BCUT2D eigenvalue weighted by molar-refractivity contribution is 7.91. The summed E-state index contributed by atoms with van der Waals surface area (Å²) in [6, 6.07) is 0. The summed E-state index contributed by atoms with van der Waals surface area (Å²) in [5, 5.41) is 9.22. The zero-order valence-electron chi connectivity index (χ0n) is 7.09. The summed E-state index contributed by atoms with van der Waals surface area (Å²) >= 11 is 22.1. The van der Waals surface area contributed by atoms with Crippen molar-refractivity contribution in [2.24, 2.45) is 0 Å². The Morgan fingerprint density at radius 1 is 1.07 bits per heavy atom. The lowest BCUT2D eigenvalue weighted by atomic mass is 10.5. The molecule has 0 bridgehead atoms. The van der Waals surface area contributed by atoms with Crippen LogP contribution < -0.4 is 4.73 Å². The fraction of sp³-hybridized carbons (Fsp3) is 0.167. The first-order valence-corrected chi connectivity index (χ1v) is 6.73. The lowest BCUT2D eigenvalue weighted by Gasteiger charge is -2.08. The molecule has 1 aromatic heterocycles. The third-order valence-electron chi connectivity index (χ3n) is 1.49. The van der Waals surface area contributed by atoms with Crippen molar-refractivity contribution in [3.05, 3.63) is 25.6 Å². The van der Waals surface area contributed by atoms with Crippen LogP contribution in [0.2, 0.25) is 20.4 Å². The highest BCUT2D eigenvalue weighted by Crippen LogP contribution is 2.36. The molecule has 0 saturated carbocycles. The highest BCUT2D eigenvalue weighted by Gasteiger charge is 2.29. The van der Waals surface area contributed by atoms with Gasteiger partial charge in [-0.15, -0.1) is 4.73 Å². The molecule has 1 rings (SSSR count). The number of sulfone groups is 1. The lowest BCUT2D eigenvalue weighted by Crippen LogP contribution is -2.30. The molecular weight excluding hydrogens is 308 g/mol. The second kappa shape index (κ2) is 4.14. The van der Waals surface area contributed by atoms with E-state index in [9.17, 15) is 13.6 Å². The molecule has 0 N–H and O–H groups in total. The van der Waals surface area contributed by atoms with Gasteiger partial charge in [0.2, 0.25) is 0 Å². The first-order valence-electron chi connectivity index (χ1n) is 3.33. The predicted molar refractivity (Wildman–Crippen MR) is 58.6 cm³/mol. The average Bonchev–Trinajstić information content (AvgIpc) is 2.09. The van der Waals surface area contributed by atoms with Crippen molar-refractivity contribution in [3.8, 4) is 0 Å². The minimum absolute atomic E-state index is 0.0441. The number of hydrogen-bond donors (Lipinski definition) is 0. The van der Waals surface area contributed by atoms with Crippen LogP contribution in [0, 0.1) is 5.21 Å². The molecule has 0 aromatic carbocycles. The van der Waals surface area contributed by atoms with E-state index in [0.717, 1.165) is 6.26 Å². The average molecular weight is 311 g/mol. The normalized spacial score (nSPS) is 11.8. The minimum atomic E-state index is -3.71. The Kier molecular flexibility index (Phi) is 3.63. The molecule has 9 heteroatoms. The fourth-order valence-corrected chi connectivity index (χ4v) is 3.46. The van der Waals surface area contributed by atoms with Crippen LogP contribution in [-0.2, 0) is 9.84 Å². The van der Waals surface area contributed by atoms with Gasteiger partial charge in [0.15, 0.2) is 9.84 Å². The van der Waals surface area contributed by atoms with E-state index in [1.165, 1.54) is 0 Å². The van der Waals surface area contributed by atoms with Gasteiger partial charge in [0.1, 0.15) is 14.9 Å². The SMILES string of the molecule is CS(=O)(=O)c1c(Cl)c(Cl)[n+]([O-])c(Cl)c1Cl. The van der Waals surface area contributed by atoms with Crippen LogP contribution in [0.5, 0.6) is 0 Å². The number of nitrogens with zero attached hydrogens (tertiary/aromatic N) is 1.